The van der Waals surface area contributed by atoms with Crippen molar-refractivity contribution >= 4 is 22.9 Å². The highest BCUT2D eigenvalue weighted by molar-refractivity contribution is 7.99. The van der Waals surface area contributed by atoms with Crippen LogP contribution in [0.3, 0.4) is 0 Å². The lowest BCUT2D eigenvalue weighted by Crippen LogP contribution is -2.07. The molecule has 0 saturated carbocycles. The number of hydrogen-bond acceptors (Lipinski definition) is 4. The standard InChI is InChI=1S/C16H15N3OS/c20-13-5-3-12(4-6-13)19-15(11-7-9-21-10-11)18-14-2-1-8-17-16(14)19/h1-6,8,11,20H,7,9-10H2. The van der Waals surface area contributed by atoms with Gasteiger partial charge in [-0.15, -0.1) is 0 Å². The van der Waals surface area contributed by atoms with Gasteiger partial charge < -0.3 is 5.11 Å². The average Bonchev–Trinajstić information content (AvgIpc) is 3.15. The normalized spacial score (nSPS) is 18.4. The van der Waals surface area contributed by atoms with Crippen molar-refractivity contribution in [3.05, 3.63) is 48.4 Å². The third-order valence-electron chi connectivity index (χ3n) is 3.84. The van der Waals surface area contributed by atoms with Crippen molar-refractivity contribution in [3.8, 4) is 11.4 Å². The Kier molecular flexibility index (Phi) is 3.07. The molecule has 21 heavy (non-hydrogen) atoms. The van der Waals surface area contributed by atoms with Gasteiger partial charge in [-0.1, -0.05) is 0 Å². The van der Waals surface area contributed by atoms with E-state index in [1.807, 2.05) is 36.0 Å². The summed E-state index contributed by atoms with van der Waals surface area (Å²) in [7, 11) is 0. The van der Waals surface area contributed by atoms with Crippen LogP contribution in [-0.4, -0.2) is 31.1 Å². The number of fused-ring (bicyclic) bond motifs is 1. The van der Waals surface area contributed by atoms with Crippen molar-refractivity contribution in [2.75, 3.05) is 11.5 Å². The van der Waals surface area contributed by atoms with Crippen molar-refractivity contribution < 1.29 is 5.11 Å². The van der Waals surface area contributed by atoms with Gasteiger partial charge in [0.25, 0.3) is 0 Å². The minimum atomic E-state index is 0.272. The molecule has 1 aliphatic heterocycles. The lowest BCUT2D eigenvalue weighted by atomic mass is 10.1. The minimum Gasteiger partial charge on any atom is -0.508 e. The molecule has 4 nitrogen and oxygen atoms in total. The fourth-order valence-electron chi connectivity index (χ4n) is 2.80. The van der Waals surface area contributed by atoms with Crippen LogP contribution < -0.4 is 0 Å². The molecule has 1 fully saturated rings. The highest BCUT2D eigenvalue weighted by atomic mass is 32.2. The van der Waals surface area contributed by atoms with Gasteiger partial charge in [-0.2, -0.15) is 11.8 Å². The van der Waals surface area contributed by atoms with Crippen molar-refractivity contribution in [2.24, 2.45) is 0 Å². The van der Waals surface area contributed by atoms with Gasteiger partial charge >= 0.3 is 0 Å². The molecule has 106 valence electrons. The van der Waals surface area contributed by atoms with Crippen LogP contribution in [0, 0.1) is 0 Å². The second-order valence-electron chi connectivity index (χ2n) is 5.23. The molecule has 3 aromatic rings. The smallest absolute Gasteiger partial charge is 0.164 e. The molecule has 4 rings (SSSR count). The van der Waals surface area contributed by atoms with Crippen LogP contribution in [-0.2, 0) is 0 Å². The summed E-state index contributed by atoms with van der Waals surface area (Å²) in [6, 6.07) is 11.2. The first-order valence-electron chi connectivity index (χ1n) is 7.03. The van der Waals surface area contributed by atoms with Crippen molar-refractivity contribution in [1.82, 2.24) is 14.5 Å². The van der Waals surface area contributed by atoms with E-state index in [9.17, 15) is 5.11 Å². The van der Waals surface area contributed by atoms with E-state index in [4.69, 9.17) is 4.98 Å². The first-order valence-corrected chi connectivity index (χ1v) is 8.19. The van der Waals surface area contributed by atoms with E-state index in [1.54, 1.807) is 18.3 Å². The second-order valence-corrected chi connectivity index (χ2v) is 6.38. The number of thioether (sulfide) groups is 1. The van der Waals surface area contributed by atoms with E-state index in [-0.39, 0.29) is 5.75 Å². The van der Waals surface area contributed by atoms with E-state index < -0.39 is 0 Å². The van der Waals surface area contributed by atoms with E-state index in [0.717, 1.165) is 34.8 Å². The third kappa shape index (κ3) is 2.17. The number of aromatic hydroxyl groups is 1. The van der Waals surface area contributed by atoms with Gasteiger partial charge in [-0.25, -0.2) is 9.97 Å². The summed E-state index contributed by atoms with van der Waals surface area (Å²) in [6.45, 7) is 0. The summed E-state index contributed by atoms with van der Waals surface area (Å²) in [6.07, 6.45) is 2.96. The van der Waals surface area contributed by atoms with E-state index in [0.29, 0.717) is 5.92 Å². The molecule has 0 amide bonds. The number of pyridine rings is 1. The number of aromatic nitrogens is 3. The summed E-state index contributed by atoms with van der Waals surface area (Å²) in [5.41, 5.74) is 2.81. The molecule has 1 aromatic carbocycles. The molecule has 1 unspecified atom stereocenters. The zero-order valence-electron chi connectivity index (χ0n) is 11.4. The molecular formula is C16H15N3OS. The summed E-state index contributed by atoms with van der Waals surface area (Å²) in [5, 5.41) is 9.50. The van der Waals surface area contributed by atoms with Gasteiger partial charge in [0, 0.05) is 23.6 Å². The van der Waals surface area contributed by atoms with Crippen molar-refractivity contribution in [1.29, 1.82) is 0 Å². The number of rotatable bonds is 2. The molecule has 5 heteroatoms. The lowest BCUT2D eigenvalue weighted by molar-refractivity contribution is 0.475. The lowest BCUT2D eigenvalue weighted by Gasteiger charge is -2.12. The Morgan fingerprint density at radius 3 is 2.81 bits per heavy atom. The van der Waals surface area contributed by atoms with E-state index in [1.165, 1.54) is 5.75 Å². The summed E-state index contributed by atoms with van der Waals surface area (Å²) in [4.78, 5) is 9.32. The van der Waals surface area contributed by atoms with Crippen LogP contribution in [0.25, 0.3) is 16.9 Å². The Morgan fingerprint density at radius 1 is 1.19 bits per heavy atom. The van der Waals surface area contributed by atoms with Gasteiger partial charge in [-0.3, -0.25) is 4.57 Å². The molecule has 1 atom stereocenters. The van der Waals surface area contributed by atoms with Gasteiger partial charge in [0.2, 0.25) is 0 Å². The third-order valence-corrected chi connectivity index (χ3v) is 5.01. The molecule has 3 heterocycles. The number of benzene rings is 1. The maximum Gasteiger partial charge on any atom is 0.164 e. The van der Waals surface area contributed by atoms with Crippen LogP contribution >= 0.6 is 11.8 Å². The number of imidazole rings is 1. The molecular weight excluding hydrogens is 282 g/mol. The first kappa shape index (κ1) is 12.7. The predicted molar refractivity (Wildman–Crippen MR) is 85.2 cm³/mol. The molecule has 1 aliphatic rings. The topological polar surface area (TPSA) is 50.9 Å². The van der Waals surface area contributed by atoms with Crippen LogP contribution in [0.1, 0.15) is 18.2 Å². The van der Waals surface area contributed by atoms with Crippen LogP contribution in [0.4, 0.5) is 0 Å². The second kappa shape index (κ2) is 5.07. The highest BCUT2D eigenvalue weighted by Crippen LogP contribution is 2.34. The first-order chi connectivity index (χ1) is 10.3. The zero-order chi connectivity index (χ0) is 14.2. The molecule has 0 bridgehead atoms. The number of phenolic OH excluding ortho intramolecular Hbond substituents is 1. The molecule has 0 aliphatic carbocycles. The molecule has 1 N–H and O–H groups in total. The Hall–Kier alpha value is -2.01. The highest BCUT2D eigenvalue weighted by Gasteiger charge is 2.25. The fraction of sp³-hybridized carbons (Fsp3) is 0.250. The Balaban J connectivity index is 1.95. The molecule has 1 saturated heterocycles. The summed E-state index contributed by atoms with van der Waals surface area (Å²) < 4.78 is 2.13. The largest absolute Gasteiger partial charge is 0.508 e. The van der Waals surface area contributed by atoms with Crippen LogP contribution in [0.15, 0.2) is 42.6 Å². The number of phenols is 1. The van der Waals surface area contributed by atoms with Gasteiger partial charge in [0.15, 0.2) is 5.65 Å². The predicted octanol–water partition coefficient (Wildman–Crippen LogP) is 3.35. The fourth-order valence-corrected chi connectivity index (χ4v) is 4.02. The molecule has 0 spiro atoms. The monoisotopic (exact) mass is 297 g/mol. The van der Waals surface area contributed by atoms with Crippen molar-refractivity contribution in [3.63, 3.8) is 0 Å². The molecule has 2 aromatic heterocycles. The minimum absolute atomic E-state index is 0.272. The average molecular weight is 297 g/mol. The SMILES string of the molecule is Oc1ccc(-n2c(C3CCSC3)nc3cccnc32)cc1. The summed E-state index contributed by atoms with van der Waals surface area (Å²) >= 11 is 1.98. The Bertz CT molecular complexity index is 776. The van der Waals surface area contributed by atoms with Crippen molar-refractivity contribution in [2.45, 2.75) is 12.3 Å². The maximum atomic E-state index is 9.50. The van der Waals surface area contributed by atoms with Gasteiger partial charge in [-0.05, 0) is 48.6 Å². The Labute approximate surface area is 126 Å². The molecule has 0 radical (unpaired) electrons. The maximum absolute atomic E-state index is 9.50. The Morgan fingerprint density at radius 2 is 2.05 bits per heavy atom. The quantitative estimate of drug-likeness (QED) is 0.788. The summed E-state index contributed by atoms with van der Waals surface area (Å²) in [5.74, 6) is 4.13. The number of hydrogen-bond donors (Lipinski definition) is 1. The zero-order valence-corrected chi connectivity index (χ0v) is 12.3. The van der Waals surface area contributed by atoms with Crippen LogP contribution in [0.2, 0.25) is 0 Å². The van der Waals surface area contributed by atoms with Gasteiger partial charge in [0.1, 0.15) is 17.1 Å². The number of nitrogens with zero attached hydrogens (tertiary/aromatic N) is 3. The van der Waals surface area contributed by atoms with Crippen LogP contribution in [0.5, 0.6) is 5.75 Å². The van der Waals surface area contributed by atoms with Gasteiger partial charge in [0.05, 0.1) is 0 Å². The van der Waals surface area contributed by atoms with E-state index in [2.05, 4.69) is 9.55 Å². The van der Waals surface area contributed by atoms with E-state index >= 15 is 0 Å².